The zero-order chi connectivity index (χ0) is 21.8. The number of rotatable bonds is 7. The lowest BCUT2D eigenvalue weighted by Gasteiger charge is -2.30. The Hall–Kier alpha value is -2.66. The molecule has 1 aromatic carbocycles. The van der Waals surface area contributed by atoms with E-state index in [-0.39, 0.29) is 31.1 Å². The van der Waals surface area contributed by atoms with Gasteiger partial charge in [-0.2, -0.15) is 13.2 Å². The van der Waals surface area contributed by atoms with Crippen molar-refractivity contribution in [2.24, 2.45) is 5.73 Å². The number of ether oxygens (including phenoxy) is 1. The Balaban J connectivity index is 2.36. The number of benzene rings is 1. The first-order valence-corrected chi connectivity index (χ1v) is 9.03. The standard InChI is InChI=1S/C18H23F3N4O4/c1-3-24(4-2)15(16(22)27)17(28)23-11-5-6-13(12(9-11)18(19,20)21)25-7-8-29-10-14(25)26/h5-6,9,15H,3-4,7-8,10H2,1-2H3,(H2,22,27)(H,23,28)/t15-/m1/s1. The van der Waals surface area contributed by atoms with E-state index < -0.39 is 35.5 Å². The largest absolute Gasteiger partial charge is 0.418 e. The molecule has 0 bridgehead atoms. The number of carbonyl (C=O) groups excluding carboxylic acids is 3. The van der Waals surface area contributed by atoms with Gasteiger partial charge in [0.25, 0.3) is 11.8 Å². The van der Waals surface area contributed by atoms with Gasteiger partial charge in [0.1, 0.15) is 6.61 Å². The molecule has 1 atom stereocenters. The molecule has 1 saturated heterocycles. The van der Waals surface area contributed by atoms with E-state index in [1.165, 1.54) is 11.0 Å². The maximum absolute atomic E-state index is 13.6. The van der Waals surface area contributed by atoms with Gasteiger partial charge in [0.2, 0.25) is 5.91 Å². The van der Waals surface area contributed by atoms with Gasteiger partial charge < -0.3 is 20.7 Å². The molecule has 0 saturated carbocycles. The quantitative estimate of drug-likeness (QED) is 0.650. The van der Waals surface area contributed by atoms with Crippen LogP contribution in [-0.2, 0) is 25.3 Å². The first kappa shape index (κ1) is 22.6. The number of morpholine rings is 1. The number of amides is 3. The van der Waals surface area contributed by atoms with Crippen molar-refractivity contribution in [2.45, 2.75) is 26.1 Å². The number of alkyl halides is 3. The molecule has 1 aromatic rings. The normalized spacial score (nSPS) is 16.1. The Morgan fingerprint density at radius 1 is 1.31 bits per heavy atom. The van der Waals surface area contributed by atoms with Crippen LogP contribution in [0, 0.1) is 0 Å². The van der Waals surface area contributed by atoms with E-state index in [1.807, 2.05) is 0 Å². The maximum Gasteiger partial charge on any atom is 0.418 e. The summed E-state index contributed by atoms with van der Waals surface area (Å²) in [5.41, 5.74) is 3.74. The number of nitrogens with zero attached hydrogens (tertiary/aromatic N) is 2. The van der Waals surface area contributed by atoms with Gasteiger partial charge in [-0.1, -0.05) is 13.8 Å². The van der Waals surface area contributed by atoms with Crippen LogP contribution in [0.2, 0.25) is 0 Å². The second kappa shape index (κ2) is 9.23. The van der Waals surface area contributed by atoms with Gasteiger partial charge in [-0.05, 0) is 31.3 Å². The number of nitrogens with two attached hydrogens (primary N) is 1. The molecule has 160 valence electrons. The lowest BCUT2D eigenvalue weighted by atomic mass is 10.1. The Bertz CT molecular complexity index is 781. The second-order valence-corrected chi connectivity index (χ2v) is 6.34. The van der Waals surface area contributed by atoms with Crippen molar-refractivity contribution >= 4 is 29.1 Å². The smallest absolute Gasteiger partial charge is 0.370 e. The number of nitrogens with one attached hydrogen (secondary N) is 1. The van der Waals surface area contributed by atoms with E-state index in [4.69, 9.17) is 10.5 Å². The van der Waals surface area contributed by atoms with Crippen LogP contribution < -0.4 is 16.0 Å². The molecule has 8 nitrogen and oxygen atoms in total. The number of primary amides is 1. The number of likely N-dealkylation sites (N-methyl/N-ethyl adjacent to an activating group) is 1. The van der Waals surface area contributed by atoms with E-state index in [1.54, 1.807) is 13.8 Å². The summed E-state index contributed by atoms with van der Waals surface area (Å²) in [5.74, 6) is -2.32. The number of hydrogen-bond donors (Lipinski definition) is 2. The molecule has 11 heteroatoms. The van der Waals surface area contributed by atoms with Gasteiger partial charge in [0.15, 0.2) is 6.04 Å². The van der Waals surface area contributed by atoms with E-state index >= 15 is 0 Å². The predicted octanol–water partition coefficient (Wildman–Crippen LogP) is 1.20. The lowest BCUT2D eigenvalue weighted by Crippen LogP contribution is -2.52. The minimum atomic E-state index is -4.77. The van der Waals surface area contributed by atoms with E-state index in [0.29, 0.717) is 13.1 Å². The third-order valence-corrected chi connectivity index (χ3v) is 4.54. The molecule has 0 unspecified atom stereocenters. The molecule has 2 rings (SSSR count). The van der Waals surface area contributed by atoms with Crippen molar-refractivity contribution in [1.29, 1.82) is 0 Å². The van der Waals surface area contributed by atoms with Crippen molar-refractivity contribution in [2.75, 3.05) is 43.1 Å². The van der Waals surface area contributed by atoms with Crippen LogP contribution in [0.15, 0.2) is 18.2 Å². The van der Waals surface area contributed by atoms with Crippen molar-refractivity contribution in [3.05, 3.63) is 23.8 Å². The van der Waals surface area contributed by atoms with Gasteiger partial charge >= 0.3 is 6.18 Å². The molecule has 0 aliphatic carbocycles. The summed E-state index contributed by atoms with van der Waals surface area (Å²) in [6, 6.07) is 1.76. The van der Waals surface area contributed by atoms with Gasteiger partial charge in [-0.3, -0.25) is 19.3 Å². The minimum absolute atomic E-state index is 0.0146. The fourth-order valence-electron chi connectivity index (χ4n) is 3.12. The topological polar surface area (TPSA) is 105 Å². The van der Waals surface area contributed by atoms with Gasteiger partial charge in [0.05, 0.1) is 17.9 Å². The Morgan fingerprint density at radius 2 is 1.97 bits per heavy atom. The Labute approximate surface area is 165 Å². The third-order valence-electron chi connectivity index (χ3n) is 4.54. The average molecular weight is 416 g/mol. The highest BCUT2D eigenvalue weighted by Gasteiger charge is 2.37. The van der Waals surface area contributed by atoms with Gasteiger partial charge in [-0.15, -0.1) is 0 Å². The Morgan fingerprint density at radius 3 is 2.48 bits per heavy atom. The van der Waals surface area contributed by atoms with Crippen LogP contribution in [0.3, 0.4) is 0 Å². The highest BCUT2D eigenvalue weighted by atomic mass is 19.4. The molecule has 1 aliphatic rings. The zero-order valence-electron chi connectivity index (χ0n) is 16.1. The van der Waals surface area contributed by atoms with Crippen LogP contribution in [0.4, 0.5) is 24.5 Å². The van der Waals surface area contributed by atoms with Crippen LogP contribution in [0.5, 0.6) is 0 Å². The summed E-state index contributed by atoms with van der Waals surface area (Å²) in [5, 5.41) is 2.32. The number of anilines is 2. The molecule has 29 heavy (non-hydrogen) atoms. The lowest BCUT2D eigenvalue weighted by molar-refractivity contribution is -0.138. The number of carbonyl (C=O) groups is 3. The monoisotopic (exact) mass is 416 g/mol. The predicted molar refractivity (Wildman–Crippen MR) is 99.1 cm³/mol. The third kappa shape index (κ3) is 5.24. The van der Waals surface area contributed by atoms with Gasteiger partial charge in [-0.25, -0.2) is 0 Å². The van der Waals surface area contributed by atoms with Crippen LogP contribution in [0.1, 0.15) is 19.4 Å². The zero-order valence-corrected chi connectivity index (χ0v) is 16.1. The number of halogens is 3. The molecule has 3 amide bonds. The second-order valence-electron chi connectivity index (χ2n) is 6.34. The fraction of sp³-hybridized carbons (Fsp3) is 0.500. The molecule has 0 spiro atoms. The van der Waals surface area contributed by atoms with Gasteiger partial charge in [0, 0.05) is 12.2 Å². The highest BCUT2D eigenvalue weighted by molar-refractivity contribution is 6.09. The summed E-state index contributed by atoms with van der Waals surface area (Å²) in [6.45, 7) is 3.95. The first-order valence-electron chi connectivity index (χ1n) is 9.03. The molecule has 0 radical (unpaired) electrons. The average Bonchev–Trinajstić information content (AvgIpc) is 2.65. The molecule has 0 aromatic heterocycles. The maximum atomic E-state index is 13.6. The molecular formula is C18H23F3N4O4. The van der Waals surface area contributed by atoms with Crippen LogP contribution >= 0.6 is 0 Å². The van der Waals surface area contributed by atoms with Crippen molar-refractivity contribution in [1.82, 2.24) is 4.90 Å². The molecule has 1 aliphatic heterocycles. The van der Waals surface area contributed by atoms with Crippen LogP contribution in [0.25, 0.3) is 0 Å². The highest BCUT2D eigenvalue weighted by Crippen LogP contribution is 2.38. The Kier molecular flexibility index (Phi) is 7.20. The van der Waals surface area contributed by atoms with E-state index in [9.17, 15) is 27.6 Å². The molecular weight excluding hydrogens is 393 g/mol. The summed E-state index contributed by atoms with van der Waals surface area (Å²) in [7, 11) is 0. The minimum Gasteiger partial charge on any atom is -0.370 e. The fourth-order valence-corrected chi connectivity index (χ4v) is 3.12. The molecule has 3 N–H and O–H groups in total. The SMILES string of the molecule is CCN(CC)[C@H](C(N)=O)C(=O)Nc1ccc(N2CCOCC2=O)c(C(F)(F)F)c1. The summed E-state index contributed by atoms with van der Waals surface area (Å²) >= 11 is 0. The van der Waals surface area contributed by atoms with Crippen molar-refractivity contribution < 1.29 is 32.3 Å². The van der Waals surface area contributed by atoms with Crippen molar-refractivity contribution in [3.8, 4) is 0 Å². The van der Waals surface area contributed by atoms with E-state index in [0.717, 1.165) is 17.0 Å². The number of hydrogen-bond acceptors (Lipinski definition) is 5. The van der Waals surface area contributed by atoms with Crippen LogP contribution in [-0.4, -0.2) is 61.5 Å². The molecule has 1 heterocycles. The summed E-state index contributed by atoms with van der Waals surface area (Å²) < 4.78 is 45.8. The summed E-state index contributed by atoms with van der Waals surface area (Å²) in [6.07, 6.45) is -4.77. The van der Waals surface area contributed by atoms with Crippen molar-refractivity contribution in [3.63, 3.8) is 0 Å². The summed E-state index contributed by atoms with van der Waals surface area (Å²) in [4.78, 5) is 38.6. The van der Waals surface area contributed by atoms with E-state index in [2.05, 4.69) is 5.32 Å². The molecule has 1 fully saturated rings. The first-order chi connectivity index (χ1) is 13.6.